The first kappa shape index (κ1) is 11.4. The Morgan fingerprint density at radius 2 is 2.27 bits per heavy atom. The normalized spacial score (nSPS) is 9.73. The maximum absolute atomic E-state index is 10.9. The Bertz CT molecular complexity index is 350. The lowest BCUT2D eigenvalue weighted by Gasteiger charge is -2.08. The Morgan fingerprint density at radius 1 is 1.53 bits per heavy atom. The second kappa shape index (κ2) is 5.24. The third-order valence-corrected chi connectivity index (χ3v) is 2.06. The third-order valence-electron chi connectivity index (χ3n) is 2.06. The number of nitrogen functional groups attached to an aromatic ring is 1. The van der Waals surface area contributed by atoms with Crippen molar-refractivity contribution >= 4 is 11.6 Å². The molecular weight excluding hydrogens is 192 g/mol. The maximum atomic E-state index is 10.9. The van der Waals surface area contributed by atoms with Crippen LogP contribution >= 0.6 is 0 Å². The number of ether oxygens (including phenoxy) is 1. The van der Waals surface area contributed by atoms with Gasteiger partial charge in [-0.15, -0.1) is 0 Å². The standard InChI is InChI=1S/C11H16N2O2/c1-8-7-9(12)3-4-10(8)15-6-5-11(14)13-2/h3-4,7H,5-6,12H2,1-2H3,(H,13,14). The van der Waals surface area contributed by atoms with E-state index < -0.39 is 0 Å². The average Bonchev–Trinajstić information content (AvgIpc) is 2.21. The number of anilines is 1. The van der Waals surface area contributed by atoms with Crippen molar-refractivity contribution in [3.05, 3.63) is 23.8 Å². The number of rotatable bonds is 4. The van der Waals surface area contributed by atoms with Crippen molar-refractivity contribution in [2.45, 2.75) is 13.3 Å². The lowest BCUT2D eigenvalue weighted by atomic mass is 10.2. The van der Waals surface area contributed by atoms with Gasteiger partial charge in [-0.25, -0.2) is 0 Å². The van der Waals surface area contributed by atoms with E-state index in [9.17, 15) is 4.79 Å². The summed E-state index contributed by atoms with van der Waals surface area (Å²) in [5.74, 6) is 0.746. The molecule has 0 aromatic heterocycles. The smallest absolute Gasteiger partial charge is 0.223 e. The Labute approximate surface area is 89.4 Å². The summed E-state index contributed by atoms with van der Waals surface area (Å²) < 4.78 is 5.45. The van der Waals surface area contributed by atoms with Crippen LogP contribution in [0.15, 0.2) is 18.2 Å². The fraction of sp³-hybridized carbons (Fsp3) is 0.364. The van der Waals surface area contributed by atoms with Gasteiger partial charge in [-0.05, 0) is 30.7 Å². The van der Waals surface area contributed by atoms with Gasteiger partial charge in [0.05, 0.1) is 13.0 Å². The number of nitrogens with one attached hydrogen (secondary N) is 1. The van der Waals surface area contributed by atoms with Crippen molar-refractivity contribution in [2.75, 3.05) is 19.4 Å². The topological polar surface area (TPSA) is 64.3 Å². The van der Waals surface area contributed by atoms with E-state index in [1.807, 2.05) is 19.1 Å². The fourth-order valence-corrected chi connectivity index (χ4v) is 1.21. The molecule has 0 heterocycles. The molecule has 0 saturated carbocycles. The second-order valence-corrected chi connectivity index (χ2v) is 3.30. The summed E-state index contributed by atoms with van der Waals surface area (Å²) in [5, 5.41) is 2.54. The van der Waals surface area contributed by atoms with E-state index in [0.29, 0.717) is 18.7 Å². The molecule has 0 aliphatic rings. The van der Waals surface area contributed by atoms with E-state index in [4.69, 9.17) is 10.5 Å². The predicted molar refractivity (Wildman–Crippen MR) is 59.8 cm³/mol. The summed E-state index contributed by atoms with van der Waals surface area (Å²) in [6.07, 6.45) is 0.361. The van der Waals surface area contributed by atoms with Crippen LogP contribution in [0.3, 0.4) is 0 Å². The number of carbonyl (C=O) groups is 1. The number of nitrogens with two attached hydrogens (primary N) is 1. The lowest BCUT2D eigenvalue weighted by molar-refractivity contribution is -0.121. The lowest BCUT2D eigenvalue weighted by Crippen LogP contribution is -2.20. The summed E-state index contributed by atoms with van der Waals surface area (Å²) in [6, 6.07) is 5.44. The number of aryl methyl sites for hydroxylation is 1. The van der Waals surface area contributed by atoms with Crippen molar-refractivity contribution in [2.24, 2.45) is 0 Å². The first-order valence-electron chi connectivity index (χ1n) is 4.83. The molecule has 3 N–H and O–H groups in total. The summed E-state index contributed by atoms with van der Waals surface area (Å²) in [6.45, 7) is 2.30. The molecule has 0 atom stereocenters. The first-order chi connectivity index (χ1) is 7.13. The minimum Gasteiger partial charge on any atom is -0.493 e. The van der Waals surface area contributed by atoms with Gasteiger partial charge in [0.25, 0.3) is 0 Å². The van der Waals surface area contributed by atoms with Crippen molar-refractivity contribution in [1.82, 2.24) is 5.32 Å². The molecular formula is C11H16N2O2. The highest BCUT2D eigenvalue weighted by Gasteiger charge is 2.01. The molecule has 1 aromatic carbocycles. The van der Waals surface area contributed by atoms with Crippen LogP contribution in [0.5, 0.6) is 5.75 Å². The van der Waals surface area contributed by atoms with Gasteiger partial charge in [-0.2, -0.15) is 0 Å². The Hall–Kier alpha value is -1.71. The number of amides is 1. The van der Waals surface area contributed by atoms with Crippen LogP contribution in [-0.2, 0) is 4.79 Å². The second-order valence-electron chi connectivity index (χ2n) is 3.30. The molecule has 4 nitrogen and oxygen atoms in total. The van der Waals surface area contributed by atoms with Crippen molar-refractivity contribution in [3.63, 3.8) is 0 Å². The maximum Gasteiger partial charge on any atom is 0.223 e. The highest BCUT2D eigenvalue weighted by molar-refractivity contribution is 5.75. The van der Waals surface area contributed by atoms with Crippen LogP contribution in [0.2, 0.25) is 0 Å². The SMILES string of the molecule is CNC(=O)CCOc1ccc(N)cc1C. The molecule has 0 unspecified atom stereocenters. The number of hydrogen-bond donors (Lipinski definition) is 2. The van der Waals surface area contributed by atoms with Crippen LogP contribution in [0.4, 0.5) is 5.69 Å². The molecule has 0 spiro atoms. The van der Waals surface area contributed by atoms with Crippen LogP contribution in [0.25, 0.3) is 0 Å². The van der Waals surface area contributed by atoms with E-state index in [1.54, 1.807) is 13.1 Å². The van der Waals surface area contributed by atoms with E-state index in [0.717, 1.165) is 11.3 Å². The quantitative estimate of drug-likeness (QED) is 0.728. The molecule has 15 heavy (non-hydrogen) atoms. The van der Waals surface area contributed by atoms with E-state index in [1.165, 1.54) is 0 Å². The molecule has 1 rings (SSSR count). The number of hydrogen-bond acceptors (Lipinski definition) is 3. The monoisotopic (exact) mass is 208 g/mol. The van der Waals surface area contributed by atoms with Gasteiger partial charge in [0.1, 0.15) is 5.75 Å². The average molecular weight is 208 g/mol. The van der Waals surface area contributed by atoms with Crippen LogP contribution < -0.4 is 15.8 Å². The largest absolute Gasteiger partial charge is 0.493 e. The zero-order valence-electron chi connectivity index (χ0n) is 9.04. The molecule has 4 heteroatoms. The Morgan fingerprint density at radius 3 is 2.87 bits per heavy atom. The van der Waals surface area contributed by atoms with Crippen LogP contribution in [-0.4, -0.2) is 19.6 Å². The summed E-state index contributed by atoms with van der Waals surface area (Å²) >= 11 is 0. The molecule has 0 bridgehead atoms. The minimum absolute atomic E-state index is 0.0249. The van der Waals surface area contributed by atoms with E-state index in [-0.39, 0.29) is 5.91 Å². The Kier molecular flexibility index (Phi) is 3.97. The zero-order chi connectivity index (χ0) is 11.3. The molecule has 82 valence electrons. The van der Waals surface area contributed by atoms with Gasteiger partial charge in [0, 0.05) is 12.7 Å². The Balaban J connectivity index is 2.47. The summed E-state index contributed by atoms with van der Waals surface area (Å²) in [5.41, 5.74) is 7.30. The van der Waals surface area contributed by atoms with E-state index >= 15 is 0 Å². The number of benzene rings is 1. The van der Waals surface area contributed by atoms with Gasteiger partial charge in [0.15, 0.2) is 0 Å². The van der Waals surface area contributed by atoms with Gasteiger partial charge in [0.2, 0.25) is 5.91 Å². The molecule has 1 amide bonds. The number of carbonyl (C=O) groups excluding carboxylic acids is 1. The van der Waals surface area contributed by atoms with Gasteiger partial charge >= 0.3 is 0 Å². The van der Waals surface area contributed by atoms with Crippen molar-refractivity contribution in [3.8, 4) is 5.75 Å². The molecule has 1 aromatic rings. The van der Waals surface area contributed by atoms with Crippen LogP contribution in [0, 0.1) is 6.92 Å². The van der Waals surface area contributed by atoms with Crippen LogP contribution in [0.1, 0.15) is 12.0 Å². The minimum atomic E-state index is -0.0249. The predicted octanol–water partition coefficient (Wildman–Crippen LogP) is 1.09. The summed E-state index contributed by atoms with van der Waals surface area (Å²) in [4.78, 5) is 10.9. The fourth-order valence-electron chi connectivity index (χ4n) is 1.21. The van der Waals surface area contributed by atoms with Gasteiger partial charge in [-0.3, -0.25) is 4.79 Å². The molecule has 0 aliphatic heterocycles. The molecule has 0 aliphatic carbocycles. The zero-order valence-corrected chi connectivity index (χ0v) is 9.04. The van der Waals surface area contributed by atoms with Crippen molar-refractivity contribution < 1.29 is 9.53 Å². The molecule has 0 fully saturated rings. The van der Waals surface area contributed by atoms with E-state index in [2.05, 4.69) is 5.32 Å². The van der Waals surface area contributed by atoms with Gasteiger partial charge in [-0.1, -0.05) is 0 Å². The molecule has 0 saturated heterocycles. The first-order valence-corrected chi connectivity index (χ1v) is 4.83. The summed E-state index contributed by atoms with van der Waals surface area (Å²) in [7, 11) is 1.61. The third kappa shape index (κ3) is 3.50. The van der Waals surface area contributed by atoms with Gasteiger partial charge < -0.3 is 15.8 Å². The highest BCUT2D eigenvalue weighted by atomic mass is 16.5. The molecule has 0 radical (unpaired) electrons. The van der Waals surface area contributed by atoms with Crippen molar-refractivity contribution in [1.29, 1.82) is 0 Å². The highest BCUT2D eigenvalue weighted by Crippen LogP contribution is 2.20.